The Morgan fingerprint density at radius 2 is 2.00 bits per heavy atom. The van der Waals surface area contributed by atoms with E-state index in [0.717, 1.165) is 5.56 Å². The molecule has 0 atom stereocenters. The number of hydrogen-bond acceptors (Lipinski definition) is 2. The van der Waals surface area contributed by atoms with Crippen LogP contribution in [0, 0.1) is 0 Å². The number of hydrogen-bond donors (Lipinski definition) is 2. The third kappa shape index (κ3) is 3.42. The third-order valence-corrected chi connectivity index (χ3v) is 1.46. The summed E-state index contributed by atoms with van der Waals surface area (Å²) in [6, 6.07) is 6.70. The average molecular weight is 177 g/mol. The molecule has 0 fully saturated rings. The molecule has 0 radical (unpaired) electrons. The van der Waals surface area contributed by atoms with Crippen molar-refractivity contribution in [3.63, 3.8) is 0 Å². The van der Waals surface area contributed by atoms with E-state index in [1.54, 1.807) is 36.5 Å². The van der Waals surface area contributed by atoms with E-state index in [2.05, 4.69) is 5.32 Å². The molecule has 0 saturated heterocycles. The van der Waals surface area contributed by atoms with E-state index >= 15 is 0 Å². The predicted octanol–water partition coefficient (Wildman–Crippen LogP) is 1.50. The van der Waals surface area contributed by atoms with Crippen molar-refractivity contribution in [3.8, 4) is 5.75 Å². The maximum atomic E-state index is 10.5. The van der Waals surface area contributed by atoms with Gasteiger partial charge in [0, 0.05) is 13.1 Å². The van der Waals surface area contributed by atoms with Crippen molar-refractivity contribution in [2.45, 2.75) is 6.92 Å². The molecule has 0 bridgehead atoms. The molecule has 1 aromatic rings. The molecule has 3 heteroatoms. The van der Waals surface area contributed by atoms with Crippen molar-refractivity contribution in [3.05, 3.63) is 36.0 Å². The number of phenolic OH excluding ortho intramolecular Hbond substituents is 1. The highest BCUT2D eigenvalue weighted by molar-refractivity contribution is 5.74. The number of phenols is 1. The van der Waals surface area contributed by atoms with Gasteiger partial charge in [-0.25, -0.2) is 0 Å². The van der Waals surface area contributed by atoms with Crippen LogP contribution in [0.1, 0.15) is 12.5 Å². The highest BCUT2D eigenvalue weighted by Gasteiger charge is 1.87. The average Bonchev–Trinajstić information content (AvgIpc) is 2.08. The normalized spacial score (nSPS) is 10.2. The second-order valence-electron chi connectivity index (χ2n) is 2.63. The van der Waals surface area contributed by atoms with Crippen LogP contribution in [-0.2, 0) is 4.79 Å². The standard InChI is InChI=1S/C10H11NO2/c1-8(12)11-7-6-9-2-4-10(13)5-3-9/h2-7,13H,1H3,(H,11,12). The quantitative estimate of drug-likeness (QED) is 0.719. The molecule has 0 aliphatic carbocycles. The van der Waals surface area contributed by atoms with Gasteiger partial charge in [0.15, 0.2) is 0 Å². The molecule has 13 heavy (non-hydrogen) atoms. The van der Waals surface area contributed by atoms with Gasteiger partial charge in [-0.15, -0.1) is 0 Å². The fraction of sp³-hybridized carbons (Fsp3) is 0.100. The number of rotatable bonds is 2. The molecule has 0 aromatic heterocycles. The summed E-state index contributed by atoms with van der Waals surface area (Å²) >= 11 is 0. The highest BCUT2D eigenvalue weighted by atomic mass is 16.3. The fourth-order valence-corrected chi connectivity index (χ4v) is 0.841. The number of aromatic hydroxyl groups is 1. The van der Waals surface area contributed by atoms with Gasteiger partial charge in [-0.2, -0.15) is 0 Å². The van der Waals surface area contributed by atoms with Gasteiger partial charge in [0.05, 0.1) is 0 Å². The first kappa shape index (κ1) is 9.32. The van der Waals surface area contributed by atoms with Crippen LogP contribution in [-0.4, -0.2) is 11.0 Å². The van der Waals surface area contributed by atoms with Gasteiger partial charge in [-0.3, -0.25) is 4.79 Å². The van der Waals surface area contributed by atoms with E-state index in [-0.39, 0.29) is 11.7 Å². The minimum Gasteiger partial charge on any atom is -0.508 e. The second kappa shape index (κ2) is 4.30. The van der Waals surface area contributed by atoms with Gasteiger partial charge in [-0.1, -0.05) is 12.1 Å². The van der Waals surface area contributed by atoms with Crippen LogP contribution in [0.2, 0.25) is 0 Å². The second-order valence-corrected chi connectivity index (χ2v) is 2.63. The summed E-state index contributed by atoms with van der Waals surface area (Å²) in [6.07, 6.45) is 3.32. The van der Waals surface area contributed by atoms with E-state index in [1.807, 2.05) is 0 Å². The zero-order valence-corrected chi connectivity index (χ0v) is 7.32. The molecule has 0 aliphatic rings. The third-order valence-electron chi connectivity index (χ3n) is 1.46. The molecule has 0 heterocycles. The Kier molecular flexibility index (Phi) is 3.09. The number of amides is 1. The summed E-state index contributed by atoms with van der Waals surface area (Å²) in [5.41, 5.74) is 0.923. The Morgan fingerprint density at radius 3 is 2.54 bits per heavy atom. The van der Waals surface area contributed by atoms with Crippen LogP contribution in [0.25, 0.3) is 6.08 Å². The molecule has 2 N–H and O–H groups in total. The van der Waals surface area contributed by atoms with E-state index in [1.165, 1.54) is 6.92 Å². The van der Waals surface area contributed by atoms with Gasteiger partial charge in [-0.05, 0) is 23.8 Å². The molecule has 1 rings (SSSR count). The van der Waals surface area contributed by atoms with Crippen molar-refractivity contribution in [1.82, 2.24) is 5.32 Å². The Labute approximate surface area is 76.7 Å². The highest BCUT2D eigenvalue weighted by Crippen LogP contribution is 2.10. The lowest BCUT2D eigenvalue weighted by molar-refractivity contribution is -0.118. The van der Waals surface area contributed by atoms with Crippen molar-refractivity contribution in [2.24, 2.45) is 0 Å². The summed E-state index contributed by atoms with van der Waals surface area (Å²) < 4.78 is 0. The summed E-state index contributed by atoms with van der Waals surface area (Å²) in [6.45, 7) is 1.45. The Bertz CT molecular complexity index is 314. The van der Waals surface area contributed by atoms with Crippen molar-refractivity contribution < 1.29 is 9.90 Å². The van der Waals surface area contributed by atoms with E-state index in [4.69, 9.17) is 5.11 Å². The van der Waals surface area contributed by atoms with Crippen LogP contribution in [0.4, 0.5) is 0 Å². The lowest BCUT2D eigenvalue weighted by Gasteiger charge is -1.94. The minimum atomic E-state index is -0.102. The molecule has 0 unspecified atom stereocenters. The van der Waals surface area contributed by atoms with Crippen LogP contribution in [0.5, 0.6) is 5.75 Å². The first-order valence-electron chi connectivity index (χ1n) is 3.91. The number of carbonyl (C=O) groups is 1. The van der Waals surface area contributed by atoms with Crippen molar-refractivity contribution >= 4 is 12.0 Å². The Hall–Kier alpha value is -1.77. The molecular formula is C10H11NO2. The van der Waals surface area contributed by atoms with Crippen molar-refractivity contribution in [2.75, 3.05) is 0 Å². The monoisotopic (exact) mass is 177 g/mol. The summed E-state index contributed by atoms with van der Waals surface area (Å²) in [5.74, 6) is 0.131. The zero-order valence-electron chi connectivity index (χ0n) is 7.32. The van der Waals surface area contributed by atoms with Gasteiger partial charge in [0.1, 0.15) is 5.75 Å². The van der Waals surface area contributed by atoms with Crippen LogP contribution in [0.3, 0.4) is 0 Å². The Morgan fingerprint density at radius 1 is 1.38 bits per heavy atom. The van der Waals surface area contributed by atoms with E-state index in [0.29, 0.717) is 0 Å². The molecule has 0 spiro atoms. The first-order chi connectivity index (χ1) is 6.18. The summed E-state index contributed by atoms with van der Waals surface area (Å²) in [7, 11) is 0. The zero-order chi connectivity index (χ0) is 9.68. The molecule has 1 aromatic carbocycles. The van der Waals surface area contributed by atoms with Crippen LogP contribution >= 0.6 is 0 Å². The molecule has 0 saturated carbocycles. The predicted molar refractivity (Wildman–Crippen MR) is 51.0 cm³/mol. The first-order valence-corrected chi connectivity index (χ1v) is 3.91. The molecule has 0 aliphatic heterocycles. The SMILES string of the molecule is CC(=O)NC=Cc1ccc(O)cc1. The lowest BCUT2D eigenvalue weighted by atomic mass is 10.2. The summed E-state index contributed by atoms with van der Waals surface area (Å²) in [4.78, 5) is 10.5. The maximum absolute atomic E-state index is 10.5. The lowest BCUT2D eigenvalue weighted by Crippen LogP contribution is -2.10. The van der Waals surface area contributed by atoms with E-state index in [9.17, 15) is 4.79 Å². The molecular weight excluding hydrogens is 166 g/mol. The van der Waals surface area contributed by atoms with Crippen LogP contribution in [0.15, 0.2) is 30.5 Å². The molecule has 68 valence electrons. The van der Waals surface area contributed by atoms with Gasteiger partial charge in [0.2, 0.25) is 5.91 Å². The minimum absolute atomic E-state index is 0.102. The maximum Gasteiger partial charge on any atom is 0.220 e. The molecule has 1 amide bonds. The Balaban J connectivity index is 2.59. The number of carbonyl (C=O) groups excluding carboxylic acids is 1. The van der Waals surface area contributed by atoms with Crippen molar-refractivity contribution in [1.29, 1.82) is 0 Å². The fourth-order valence-electron chi connectivity index (χ4n) is 0.841. The summed E-state index contributed by atoms with van der Waals surface area (Å²) in [5, 5.41) is 11.5. The van der Waals surface area contributed by atoms with Gasteiger partial charge in [0.25, 0.3) is 0 Å². The van der Waals surface area contributed by atoms with Gasteiger partial charge < -0.3 is 10.4 Å². The van der Waals surface area contributed by atoms with Crippen LogP contribution < -0.4 is 5.32 Å². The van der Waals surface area contributed by atoms with E-state index < -0.39 is 0 Å². The topological polar surface area (TPSA) is 49.3 Å². The smallest absolute Gasteiger partial charge is 0.220 e. The largest absolute Gasteiger partial charge is 0.508 e. The molecule has 3 nitrogen and oxygen atoms in total. The number of benzene rings is 1. The number of nitrogens with one attached hydrogen (secondary N) is 1. The van der Waals surface area contributed by atoms with Gasteiger partial charge >= 0.3 is 0 Å².